The summed E-state index contributed by atoms with van der Waals surface area (Å²) in [5.74, 6) is 0.278. The Morgan fingerprint density at radius 3 is 2.47 bits per heavy atom. The molecule has 0 radical (unpaired) electrons. The molecule has 3 heteroatoms. The Labute approximate surface area is 91.2 Å². The molecular weight excluding hydrogens is 195 g/mol. The maximum atomic E-state index is 13.6. The first kappa shape index (κ1) is 12.5. The van der Waals surface area contributed by atoms with E-state index in [1.54, 1.807) is 0 Å². The summed E-state index contributed by atoms with van der Waals surface area (Å²) in [7, 11) is 0. The molecule has 1 rings (SSSR count). The molecule has 88 valence electrons. The predicted octanol–water partition coefficient (Wildman–Crippen LogP) is 2.96. The summed E-state index contributed by atoms with van der Waals surface area (Å²) in [6.07, 6.45) is 0.342. The zero-order valence-electron chi connectivity index (χ0n) is 10.00. The first-order valence-corrected chi connectivity index (χ1v) is 5.73. The van der Waals surface area contributed by atoms with Crippen LogP contribution >= 0.6 is 0 Å². The number of hydrogen-bond acceptors (Lipinski definition) is 2. The van der Waals surface area contributed by atoms with Crippen LogP contribution in [0.1, 0.15) is 40.5 Å². The summed E-state index contributed by atoms with van der Waals surface area (Å²) in [6.45, 7) is 7.43. The number of halogens is 1. The topological polar surface area (TPSA) is 26.3 Å². The third kappa shape index (κ3) is 3.18. The van der Waals surface area contributed by atoms with Crippen LogP contribution in [0.15, 0.2) is 0 Å². The molecule has 2 nitrogen and oxygen atoms in total. The van der Waals surface area contributed by atoms with Crippen LogP contribution in [0, 0.1) is 17.8 Å². The van der Waals surface area contributed by atoms with E-state index in [0.29, 0.717) is 18.8 Å². The third-order valence-corrected chi connectivity index (χ3v) is 3.37. The van der Waals surface area contributed by atoms with Crippen molar-refractivity contribution in [3.05, 3.63) is 0 Å². The van der Waals surface area contributed by atoms with E-state index in [9.17, 15) is 9.18 Å². The van der Waals surface area contributed by atoms with E-state index in [2.05, 4.69) is 13.8 Å². The Bertz CT molecular complexity index is 228. The molecule has 0 saturated heterocycles. The van der Waals surface area contributed by atoms with Gasteiger partial charge in [-0.15, -0.1) is 0 Å². The minimum atomic E-state index is -0.746. The lowest BCUT2D eigenvalue weighted by molar-refractivity contribution is -0.155. The minimum Gasteiger partial charge on any atom is -0.462 e. The average Bonchev–Trinajstić information content (AvgIpc) is 2.09. The van der Waals surface area contributed by atoms with Crippen LogP contribution in [0.3, 0.4) is 0 Å². The van der Waals surface area contributed by atoms with Crippen LogP contribution in [0.2, 0.25) is 0 Å². The van der Waals surface area contributed by atoms with E-state index in [0.717, 1.165) is 0 Å². The molecule has 0 amide bonds. The van der Waals surface area contributed by atoms with Crippen LogP contribution in [-0.2, 0) is 9.53 Å². The number of rotatable bonds is 2. The van der Waals surface area contributed by atoms with Crippen LogP contribution in [-0.4, -0.2) is 18.2 Å². The van der Waals surface area contributed by atoms with Gasteiger partial charge < -0.3 is 4.74 Å². The molecule has 0 bridgehead atoms. The van der Waals surface area contributed by atoms with E-state index < -0.39 is 6.17 Å². The summed E-state index contributed by atoms with van der Waals surface area (Å²) < 4.78 is 18.8. The first-order valence-electron chi connectivity index (χ1n) is 5.73. The van der Waals surface area contributed by atoms with Gasteiger partial charge in [-0.05, 0) is 24.7 Å². The molecule has 0 heterocycles. The molecule has 1 aliphatic rings. The third-order valence-electron chi connectivity index (χ3n) is 3.37. The second-order valence-corrected chi connectivity index (χ2v) is 5.02. The van der Waals surface area contributed by atoms with Crippen LogP contribution in [0.4, 0.5) is 4.39 Å². The van der Waals surface area contributed by atoms with Gasteiger partial charge in [-0.2, -0.15) is 0 Å². The number of ether oxygens (including phenoxy) is 1. The lowest BCUT2D eigenvalue weighted by Gasteiger charge is -2.38. The lowest BCUT2D eigenvalue weighted by atomic mass is 9.74. The second-order valence-electron chi connectivity index (χ2n) is 5.02. The number of carbonyl (C=O) groups excluding carboxylic acids is 1. The van der Waals surface area contributed by atoms with Gasteiger partial charge in [0.15, 0.2) is 0 Å². The summed E-state index contributed by atoms with van der Waals surface area (Å²) >= 11 is 0. The van der Waals surface area contributed by atoms with Gasteiger partial charge in [-0.25, -0.2) is 4.39 Å². The molecule has 0 N–H and O–H groups in total. The fourth-order valence-corrected chi connectivity index (χ4v) is 2.38. The monoisotopic (exact) mass is 216 g/mol. The van der Waals surface area contributed by atoms with Crippen molar-refractivity contribution in [1.82, 2.24) is 0 Å². The van der Waals surface area contributed by atoms with Crippen molar-refractivity contribution < 1.29 is 13.9 Å². The van der Waals surface area contributed by atoms with Crippen molar-refractivity contribution in [2.45, 2.75) is 52.8 Å². The molecule has 0 aromatic rings. The first-order chi connectivity index (χ1) is 6.91. The number of hydrogen-bond donors (Lipinski definition) is 0. The standard InChI is InChI=1S/C12H21FO2/c1-7(2)10-6-11(13)8(3)5-12(10)15-9(4)14/h7-8,10-12H,5-6H2,1-4H3/t8-,10-,11?,12+/m0/s1. The van der Waals surface area contributed by atoms with E-state index in [1.807, 2.05) is 6.92 Å². The molecule has 0 aromatic carbocycles. The van der Waals surface area contributed by atoms with Gasteiger partial charge in [0.2, 0.25) is 0 Å². The molecule has 15 heavy (non-hydrogen) atoms. The highest BCUT2D eigenvalue weighted by molar-refractivity contribution is 5.66. The molecule has 1 fully saturated rings. The van der Waals surface area contributed by atoms with Crippen molar-refractivity contribution >= 4 is 5.97 Å². The highest BCUT2D eigenvalue weighted by Gasteiger charge is 2.38. The molecule has 1 unspecified atom stereocenters. The van der Waals surface area contributed by atoms with Crippen LogP contribution < -0.4 is 0 Å². The fraction of sp³-hybridized carbons (Fsp3) is 0.917. The Balaban J connectivity index is 2.67. The Morgan fingerprint density at radius 2 is 2.00 bits per heavy atom. The normalized spacial score (nSPS) is 36.7. The van der Waals surface area contributed by atoms with Gasteiger partial charge in [-0.3, -0.25) is 4.79 Å². The molecule has 0 aliphatic heterocycles. The number of alkyl halides is 1. The fourth-order valence-electron chi connectivity index (χ4n) is 2.38. The van der Waals surface area contributed by atoms with E-state index >= 15 is 0 Å². The quantitative estimate of drug-likeness (QED) is 0.663. The molecular formula is C12H21FO2. The summed E-state index contributed by atoms with van der Waals surface area (Å²) in [5, 5.41) is 0. The van der Waals surface area contributed by atoms with Crippen molar-refractivity contribution in [2.24, 2.45) is 17.8 Å². The van der Waals surface area contributed by atoms with Gasteiger partial charge >= 0.3 is 5.97 Å². The molecule has 1 saturated carbocycles. The molecule has 0 spiro atoms. The average molecular weight is 216 g/mol. The highest BCUT2D eigenvalue weighted by atomic mass is 19.1. The van der Waals surface area contributed by atoms with Gasteiger partial charge in [0.05, 0.1) is 0 Å². The maximum Gasteiger partial charge on any atom is 0.302 e. The Kier molecular flexibility index (Phi) is 4.12. The van der Waals surface area contributed by atoms with Gasteiger partial charge in [0.1, 0.15) is 12.3 Å². The zero-order chi connectivity index (χ0) is 11.6. The number of carbonyl (C=O) groups is 1. The summed E-state index contributed by atoms with van der Waals surface area (Å²) in [4.78, 5) is 11.0. The summed E-state index contributed by atoms with van der Waals surface area (Å²) in [6, 6.07) is 0. The van der Waals surface area contributed by atoms with Gasteiger partial charge in [0.25, 0.3) is 0 Å². The highest BCUT2D eigenvalue weighted by Crippen LogP contribution is 2.37. The molecule has 0 aromatic heterocycles. The lowest BCUT2D eigenvalue weighted by Crippen LogP contribution is -2.40. The van der Waals surface area contributed by atoms with Crippen LogP contribution in [0.5, 0.6) is 0 Å². The van der Waals surface area contributed by atoms with E-state index in [4.69, 9.17) is 4.74 Å². The Hall–Kier alpha value is -0.600. The van der Waals surface area contributed by atoms with Crippen molar-refractivity contribution in [2.75, 3.05) is 0 Å². The molecule has 4 atom stereocenters. The zero-order valence-corrected chi connectivity index (χ0v) is 10.00. The predicted molar refractivity (Wildman–Crippen MR) is 57.2 cm³/mol. The van der Waals surface area contributed by atoms with Crippen LogP contribution in [0.25, 0.3) is 0 Å². The minimum absolute atomic E-state index is 0.00403. The van der Waals surface area contributed by atoms with Gasteiger partial charge in [-0.1, -0.05) is 20.8 Å². The van der Waals surface area contributed by atoms with Crippen molar-refractivity contribution in [1.29, 1.82) is 0 Å². The maximum absolute atomic E-state index is 13.6. The molecule has 1 aliphatic carbocycles. The van der Waals surface area contributed by atoms with E-state index in [1.165, 1.54) is 6.92 Å². The Morgan fingerprint density at radius 1 is 1.40 bits per heavy atom. The second kappa shape index (κ2) is 4.95. The summed E-state index contributed by atoms with van der Waals surface area (Å²) in [5.41, 5.74) is 0. The SMILES string of the molecule is CC(=O)O[C@@H]1C[C@H](C)C(F)C[C@H]1C(C)C. The van der Waals surface area contributed by atoms with Gasteiger partial charge in [0, 0.05) is 12.8 Å². The number of esters is 1. The van der Waals surface area contributed by atoms with E-state index in [-0.39, 0.29) is 23.9 Å². The van der Waals surface area contributed by atoms with Crippen molar-refractivity contribution in [3.63, 3.8) is 0 Å². The van der Waals surface area contributed by atoms with Crippen molar-refractivity contribution in [3.8, 4) is 0 Å². The smallest absolute Gasteiger partial charge is 0.302 e. The largest absolute Gasteiger partial charge is 0.462 e.